The van der Waals surface area contributed by atoms with Crippen LogP contribution in [0.4, 0.5) is 14.5 Å². The smallest absolute Gasteiger partial charge is 0.387 e. The highest BCUT2D eigenvalue weighted by molar-refractivity contribution is 6.13. The van der Waals surface area contributed by atoms with Gasteiger partial charge in [-0.05, 0) is 42.8 Å². The molecule has 152 valence electrons. The summed E-state index contributed by atoms with van der Waals surface area (Å²) in [5, 5.41) is 7.73. The molecule has 0 aliphatic rings. The van der Waals surface area contributed by atoms with Crippen molar-refractivity contribution in [3.8, 4) is 17.0 Å². The molecule has 1 N–H and O–H groups in total. The first kappa shape index (κ1) is 19.5. The first-order valence-electron chi connectivity index (χ1n) is 9.16. The fourth-order valence-corrected chi connectivity index (χ4v) is 3.21. The van der Waals surface area contributed by atoms with Gasteiger partial charge in [0.1, 0.15) is 5.75 Å². The average Bonchev–Trinajstić information content (AvgIpc) is 3.15. The number of hydrogen-bond acceptors (Lipinski definition) is 4. The van der Waals surface area contributed by atoms with Crippen LogP contribution in [0.3, 0.4) is 0 Å². The van der Waals surface area contributed by atoms with E-state index in [1.165, 1.54) is 18.2 Å². The number of ether oxygens (including phenoxy) is 1. The molecule has 4 aromatic rings. The highest BCUT2D eigenvalue weighted by atomic mass is 19.3. The minimum absolute atomic E-state index is 0.0359. The Balaban J connectivity index is 1.71. The number of pyridine rings is 1. The third-order valence-electron chi connectivity index (χ3n) is 4.63. The Labute approximate surface area is 171 Å². The van der Waals surface area contributed by atoms with Crippen molar-refractivity contribution in [2.75, 3.05) is 5.32 Å². The van der Waals surface area contributed by atoms with Crippen LogP contribution in [-0.2, 0) is 7.05 Å². The Morgan fingerprint density at radius 3 is 2.67 bits per heavy atom. The van der Waals surface area contributed by atoms with Gasteiger partial charge >= 0.3 is 6.61 Å². The minimum atomic E-state index is -2.90. The molecule has 0 aliphatic heterocycles. The molecule has 0 aliphatic carbocycles. The van der Waals surface area contributed by atoms with Crippen LogP contribution in [0.1, 0.15) is 15.9 Å². The van der Waals surface area contributed by atoms with Crippen molar-refractivity contribution in [3.05, 3.63) is 72.1 Å². The van der Waals surface area contributed by atoms with Crippen molar-refractivity contribution in [1.82, 2.24) is 14.8 Å². The minimum Gasteiger partial charge on any atom is -0.435 e. The molecule has 0 radical (unpaired) electrons. The van der Waals surface area contributed by atoms with Gasteiger partial charge in [-0.15, -0.1) is 0 Å². The third-order valence-corrected chi connectivity index (χ3v) is 4.63. The van der Waals surface area contributed by atoms with E-state index in [0.717, 1.165) is 5.56 Å². The molecule has 0 unspecified atom stereocenters. The number of amides is 1. The molecule has 0 saturated heterocycles. The maximum atomic E-state index is 13.1. The normalized spacial score (nSPS) is 11.1. The zero-order valence-corrected chi connectivity index (χ0v) is 16.3. The lowest BCUT2D eigenvalue weighted by molar-refractivity contribution is -0.0498. The molecule has 0 atom stereocenters. The van der Waals surface area contributed by atoms with Crippen molar-refractivity contribution in [3.63, 3.8) is 0 Å². The van der Waals surface area contributed by atoms with Crippen molar-refractivity contribution in [1.29, 1.82) is 0 Å². The van der Waals surface area contributed by atoms with Gasteiger partial charge in [-0.3, -0.25) is 9.48 Å². The fraction of sp³-hybridized carbons (Fsp3) is 0.136. The van der Waals surface area contributed by atoms with Gasteiger partial charge in [-0.25, -0.2) is 4.98 Å². The van der Waals surface area contributed by atoms with Gasteiger partial charge in [-0.2, -0.15) is 13.9 Å². The Bertz CT molecular complexity index is 1240. The van der Waals surface area contributed by atoms with E-state index in [4.69, 9.17) is 0 Å². The van der Waals surface area contributed by atoms with Crippen LogP contribution in [-0.4, -0.2) is 27.3 Å². The van der Waals surface area contributed by atoms with Gasteiger partial charge in [0.25, 0.3) is 5.91 Å². The summed E-state index contributed by atoms with van der Waals surface area (Å²) in [5.74, 6) is -0.293. The number of nitrogens with one attached hydrogen (secondary N) is 1. The van der Waals surface area contributed by atoms with E-state index >= 15 is 0 Å². The number of carbonyl (C=O) groups is 1. The molecule has 8 heteroatoms. The quantitative estimate of drug-likeness (QED) is 0.515. The van der Waals surface area contributed by atoms with Crippen LogP contribution < -0.4 is 10.1 Å². The fourth-order valence-electron chi connectivity index (χ4n) is 3.21. The summed E-state index contributed by atoms with van der Waals surface area (Å²) in [6.45, 7) is -1.20. The summed E-state index contributed by atoms with van der Waals surface area (Å²) in [6, 6.07) is 13.5. The van der Waals surface area contributed by atoms with E-state index in [1.807, 2.05) is 37.5 Å². The summed E-state index contributed by atoms with van der Waals surface area (Å²) in [4.78, 5) is 17.8. The standard InChI is InChI=1S/C22H18F2N4O2/c1-13-9-15(30-22(23)24)7-8-18(13)27-21(29)17-10-20(14-11-25-28(2)12-14)26-19-6-4-3-5-16(17)19/h3-12,22H,1-2H3,(H,27,29). The molecular formula is C22H18F2N4O2. The monoisotopic (exact) mass is 408 g/mol. The molecule has 0 bridgehead atoms. The van der Waals surface area contributed by atoms with Gasteiger partial charge in [-0.1, -0.05) is 18.2 Å². The predicted octanol–water partition coefficient (Wildman–Crippen LogP) is 4.80. The van der Waals surface area contributed by atoms with Crippen LogP contribution in [0.2, 0.25) is 0 Å². The number of fused-ring (bicyclic) bond motifs is 1. The van der Waals surface area contributed by atoms with E-state index in [2.05, 4.69) is 20.1 Å². The summed E-state index contributed by atoms with van der Waals surface area (Å²) < 4.78 is 30.9. The lowest BCUT2D eigenvalue weighted by Crippen LogP contribution is -2.14. The van der Waals surface area contributed by atoms with Gasteiger partial charge < -0.3 is 10.1 Å². The number of para-hydroxylation sites is 1. The molecule has 30 heavy (non-hydrogen) atoms. The topological polar surface area (TPSA) is 69.0 Å². The number of halogens is 2. The summed E-state index contributed by atoms with van der Waals surface area (Å²) in [7, 11) is 1.81. The second-order valence-corrected chi connectivity index (χ2v) is 6.78. The average molecular weight is 408 g/mol. The van der Waals surface area contributed by atoms with E-state index in [9.17, 15) is 13.6 Å². The predicted molar refractivity (Wildman–Crippen MR) is 110 cm³/mol. The number of anilines is 1. The van der Waals surface area contributed by atoms with Gasteiger partial charge in [0.05, 0.1) is 23.0 Å². The largest absolute Gasteiger partial charge is 0.435 e. The first-order chi connectivity index (χ1) is 14.4. The Hall–Kier alpha value is -3.81. The van der Waals surface area contributed by atoms with Crippen molar-refractivity contribution >= 4 is 22.5 Å². The number of carbonyl (C=O) groups excluding carboxylic acids is 1. The Morgan fingerprint density at radius 2 is 1.97 bits per heavy atom. The van der Waals surface area contributed by atoms with Crippen molar-refractivity contribution < 1.29 is 18.3 Å². The number of aryl methyl sites for hydroxylation is 2. The maximum Gasteiger partial charge on any atom is 0.387 e. The SMILES string of the molecule is Cc1cc(OC(F)F)ccc1NC(=O)c1cc(-c2cnn(C)c2)nc2ccccc12. The number of aromatic nitrogens is 3. The molecule has 0 spiro atoms. The number of alkyl halides is 2. The van der Waals surface area contributed by atoms with Crippen molar-refractivity contribution in [2.45, 2.75) is 13.5 Å². The van der Waals surface area contributed by atoms with Gasteiger partial charge in [0.15, 0.2) is 0 Å². The van der Waals surface area contributed by atoms with E-state index in [1.54, 1.807) is 23.9 Å². The number of rotatable bonds is 5. The molecule has 2 aromatic carbocycles. The lowest BCUT2D eigenvalue weighted by Gasteiger charge is -2.13. The van der Waals surface area contributed by atoms with Crippen LogP contribution in [0, 0.1) is 6.92 Å². The van der Waals surface area contributed by atoms with Crippen LogP contribution in [0.25, 0.3) is 22.2 Å². The highest BCUT2D eigenvalue weighted by Gasteiger charge is 2.16. The molecule has 4 rings (SSSR count). The second-order valence-electron chi connectivity index (χ2n) is 6.78. The Kier molecular flexibility index (Phi) is 5.14. The zero-order valence-electron chi connectivity index (χ0n) is 16.3. The maximum absolute atomic E-state index is 13.1. The highest BCUT2D eigenvalue weighted by Crippen LogP contribution is 2.27. The molecule has 0 saturated carbocycles. The first-order valence-corrected chi connectivity index (χ1v) is 9.16. The molecule has 2 heterocycles. The van der Waals surface area contributed by atoms with Crippen LogP contribution in [0.5, 0.6) is 5.75 Å². The summed E-state index contributed by atoms with van der Waals surface area (Å²) in [6.07, 6.45) is 3.51. The van der Waals surface area contributed by atoms with E-state index in [0.29, 0.717) is 33.4 Å². The van der Waals surface area contributed by atoms with E-state index < -0.39 is 6.61 Å². The summed E-state index contributed by atoms with van der Waals surface area (Å²) in [5.41, 5.74) is 3.66. The Morgan fingerprint density at radius 1 is 1.17 bits per heavy atom. The molecule has 0 fully saturated rings. The number of nitrogens with zero attached hydrogens (tertiary/aromatic N) is 3. The molecule has 6 nitrogen and oxygen atoms in total. The van der Waals surface area contributed by atoms with Gasteiger partial charge in [0.2, 0.25) is 0 Å². The van der Waals surface area contributed by atoms with E-state index in [-0.39, 0.29) is 11.7 Å². The second kappa shape index (κ2) is 7.90. The summed E-state index contributed by atoms with van der Waals surface area (Å²) >= 11 is 0. The molecule has 1 amide bonds. The number of benzene rings is 2. The zero-order chi connectivity index (χ0) is 21.3. The van der Waals surface area contributed by atoms with Crippen molar-refractivity contribution in [2.24, 2.45) is 7.05 Å². The van der Waals surface area contributed by atoms with Gasteiger partial charge in [0, 0.05) is 29.9 Å². The lowest BCUT2D eigenvalue weighted by atomic mass is 10.0. The third kappa shape index (κ3) is 3.98. The van der Waals surface area contributed by atoms with Crippen LogP contribution >= 0.6 is 0 Å². The molecule has 2 aromatic heterocycles. The number of hydrogen-bond donors (Lipinski definition) is 1. The van der Waals surface area contributed by atoms with Crippen LogP contribution in [0.15, 0.2) is 60.9 Å². The molecular weight excluding hydrogens is 390 g/mol.